The van der Waals surface area contributed by atoms with E-state index in [0.29, 0.717) is 19.3 Å². The van der Waals surface area contributed by atoms with Gasteiger partial charge in [-0.1, -0.05) is 67.6 Å². The maximum atomic E-state index is 12.7. The third-order valence-electron chi connectivity index (χ3n) is 4.10. The van der Waals surface area contributed by atoms with Gasteiger partial charge in [0.05, 0.1) is 0 Å². The van der Waals surface area contributed by atoms with Crippen LogP contribution in [0.2, 0.25) is 0 Å². The Kier molecular flexibility index (Phi) is 6.10. The molecule has 0 bridgehead atoms. The van der Waals surface area contributed by atoms with Crippen molar-refractivity contribution in [3.8, 4) is 0 Å². The average molecular weight is 310 g/mol. The Morgan fingerprint density at radius 1 is 0.870 bits per heavy atom. The summed E-state index contributed by atoms with van der Waals surface area (Å²) in [5.74, 6) is -2.44. The molecule has 0 aliphatic rings. The molecule has 0 heterocycles. The molecule has 120 valence electrons. The summed E-state index contributed by atoms with van der Waals surface area (Å²) in [5.41, 5.74) is 2.11. The Bertz CT molecular complexity index is 593. The molecule has 2 aromatic rings. The molecule has 2 rings (SSSR count). The van der Waals surface area contributed by atoms with E-state index in [9.17, 15) is 14.7 Å². The second-order valence-corrected chi connectivity index (χ2v) is 5.78. The monoisotopic (exact) mass is 310 g/mol. The molecular formula is C20H22O3. The van der Waals surface area contributed by atoms with E-state index in [1.807, 2.05) is 60.7 Å². The fraction of sp³-hybridized carbons (Fsp3) is 0.300. The van der Waals surface area contributed by atoms with Crippen LogP contribution >= 0.6 is 0 Å². The maximum absolute atomic E-state index is 12.7. The van der Waals surface area contributed by atoms with Crippen LogP contribution in [0.4, 0.5) is 0 Å². The molecule has 0 spiro atoms. The highest BCUT2D eigenvalue weighted by molar-refractivity contribution is 5.99. The minimum absolute atomic E-state index is 0.173. The lowest BCUT2D eigenvalue weighted by molar-refractivity contribution is -0.147. The Morgan fingerprint density at radius 3 is 1.65 bits per heavy atom. The molecule has 0 saturated carbocycles. The number of carbonyl (C=O) groups is 2. The summed E-state index contributed by atoms with van der Waals surface area (Å²) in [5, 5.41) is 9.30. The van der Waals surface area contributed by atoms with Gasteiger partial charge in [-0.3, -0.25) is 9.59 Å². The molecule has 1 N–H and O–H groups in total. The SMILES string of the molecule is CCC(C(=O)O)C(=O)C(Cc1ccccc1)Cc1ccccc1. The van der Waals surface area contributed by atoms with Crippen molar-refractivity contribution in [2.75, 3.05) is 0 Å². The maximum Gasteiger partial charge on any atom is 0.314 e. The van der Waals surface area contributed by atoms with Crippen molar-refractivity contribution in [1.29, 1.82) is 0 Å². The molecule has 23 heavy (non-hydrogen) atoms. The van der Waals surface area contributed by atoms with Crippen molar-refractivity contribution < 1.29 is 14.7 Å². The van der Waals surface area contributed by atoms with Gasteiger partial charge in [0.2, 0.25) is 0 Å². The van der Waals surface area contributed by atoms with Crippen molar-refractivity contribution in [2.45, 2.75) is 26.2 Å². The van der Waals surface area contributed by atoms with Crippen molar-refractivity contribution in [2.24, 2.45) is 11.8 Å². The predicted molar refractivity (Wildman–Crippen MR) is 90.2 cm³/mol. The Hall–Kier alpha value is -2.42. The smallest absolute Gasteiger partial charge is 0.314 e. The van der Waals surface area contributed by atoms with Gasteiger partial charge < -0.3 is 5.11 Å². The quantitative estimate of drug-likeness (QED) is 0.755. The van der Waals surface area contributed by atoms with E-state index in [2.05, 4.69) is 0 Å². The molecule has 0 radical (unpaired) electrons. The number of carboxylic acid groups (broad SMARTS) is 1. The van der Waals surface area contributed by atoms with Crippen LogP contribution < -0.4 is 0 Å². The molecule has 1 unspecified atom stereocenters. The van der Waals surface area contributed by atoms with Crippen LogP contribution in [-0.2, 0) is 22.4 Å². The zero-order chi connectivity index (χ0) is 16.7. The molecule has 0 fully saturated rings. The van der Waals surface area contributed by atoms with Gasteiger partial charge in [-0.15, -0.1) is 0 Å². The fourth-order valence-electron chi connectivity index (χ4n) is 2.85. The van der Waals surface area contributed by atoms with E-state index in [1.54, 1.807) is 6.92 Å². The molecule has 0 aromatic heterocycles. The first-order valence-corrected chi connectivity index (χ1v) is 7.96. The van der Waals surface area contributed by atoms with Crippen LogP contribution in [0.25, 0.3) is 0 Å². The first-order valence-electron chi connectivity index (χ1n) is 7.96. The van der Waals surface area contributed by atoms with Crippen LogP contribution in [0.3, 0.4) is 0 Å². The van der Waals surface area contributed by atoms with Crippen LogP contribution in [0.5, 0.6) is 0 Å². The van der Waals surface area contributed by atoms with Crippen LogP contribution in [-0.4, -0.2) is 16.9 Å². The molecule has 2 aromatic carbocycles. The Labute approximate surface area is 137 Å². The summed E-state index contributed by atoms with van der Waals surface area (Å²) in [4.78, 5) is 24.1. The predicted octanol–water partition coefficient (Wildman–Crippen LogP) is 3.77. The standard InChI is InChI=1S/C20H22O3/c1-2-18(20(22)23)19(21)17(13-15-9-5-3-6-10-15)14-16-11-7-4-8-12-16/h3-12,17-18H,2,13-14H2,1H3,(H,22,23). The van der Waals surface area contributed by atoms with Crippen LogP contribution in [0.15, 0.2) is 60.7 Å². The largest absolute Gasteiger partial charge is 0.481 e. The molecule has 3 nitrogen and oxygen atoms in total. The van der Waals surface area contributed by atoms with Gasteiger partial charge in [0.15, 0.2) is 5.78 Å². The number of aliphatic carboxylic acids is 1. The van der Waals surface area contributed by atoms with Gasteiger partial charge in [-0.25, -0.2) is 0 Å². The van der Waals surface area contributed by atoms with E-state index in [1.165, 1.54) is 0 Å². The molecule has 3 heteroatoms. The van der Waals surface area contributed by atoms with Crippen LogP contribution in [0, 0.1) is 11.8 Å². The molecule has 0 amide bonds. The van der Waals surface area contributed by atoms with E-state index in [0.717, 1.165) is 11.1 Å². The number of hydrogen-bond donors (Lipinski definition) is 1. The van der Waals surface area contributed by atoms with Gasteiger partial charge >= 0.3 is 5.97 Å². The second-order valence-electron chi connectivity index (χ2n) is 5.78. The summed E-state index contributed by atoms with van der Waals surface area (Å²) in [7, 11) is 0. The van der Waals surface area contributed by atoms with Crippen molar-refractivity contribution in [3.05, 3.63) is 71.8 Å². The van der Waals surface area contributed by atoms with Gasteiger partial charge in [0.25, 0.3) is 0 Å². The Morgan fingerprint density at radius 2 is 1.30 bits per heavy atom. The van der Waals surface area contributed by atoms with E-state index < -0.39 is 11.9 Å². The lowest BCUT2D eigenvalue weighted by Gasteiger charge is -2.20. The van der Waals surface area contributed by atoms with Gasteiger partial charge in [0, 0.05) is 5.92 Å². The number of Topliss-reactive ketones (excluding diaryl/α,β-unsaturated/α-hetero) is 1. The summed E-state index contributed by atoms with van der Waals surface area (Å²) in [6.45, 7) is 1.75. The van der Waals surface area contributed by atoms with E-state index in [4.69, 9.17) is 0 Å². The number of carbonyl (C=O) groups excluding carboxylic acids is 1. The van der Waals surface area contributed by atoms with E-state index in [-0.39, 0.29) is 11.7 Å². The highest BCUT2D eigenvalue weighted by Crippen LogP contribution is 2.21. The van der Waals surface area contributed by atoms with Gasteiger partial charge in [-0.05, 0) is 30.4 Å². The normalized spacial score (nSPS) is 12.1. The third-order valence-corrected chi connectivity index (χ3v) is 4.10. The Balaban J connectivity index is 2.23. The summed E-state index contributed by atoms with van der Waals surface area (Å²) >= 11 is 0. The molecular weight excluding hydrogens is 288 g/mol. The molecule has 0 aliphatic carbocycles. The van der Waals surface area contributed by atoms with Crippen molar-refractivity contribution >= 4 is 11.8 Å². The van der Waals surface area contributed by atoms with Crippen molar-refractivity contribution in [3.63, 3.8) is 0 Å². The number of ketones is 1. The van der Waals surface area contributed by atoms with Crippen molar-refractivity contribution in [1.82, 2.24) is 0 Å². The number of carboxylic acids is 1. The zero-order valence-corrected chi connectivity index (χ0v) is 13.3. The lowest BCUT2D eigenvalue weighted by Crippen LogP contribution is -2.31. The highest BCUT2D eigenvalue weighted by Gasteiger charge is 2.31. The van der Waals surface area contributed by atoms with E-state index >= 15 is 0 Å². The minimum atomic E-state index is -1.02. The molecule has 0 saturated heterocycles. The topological polar surface area (TPSA) is 54.4 Å². The van der Waals surface area contributed by atoms with Gasteiger partial charge in [0.1, 0.15) is 5.92 Å². The summed E-state index contributed by atoms with van der Waals surface area (Å²) in [6.07, 6.45) is 1.46. The number of hydrogen-bond acceptors (Lipinski definition) is 2. The number of rotatable bonds is 8. The highest BCUT2D eigenvalue weighted by atomic mass is 16.4. The summed E-state index contributed by atoms with van der Waals surface area (Å²) < 4.78 is 0. The number of benzene rings is 2. The third kappa shape index (κ3) is 4.78. The zero-order valence-electron chi connectivity index (χ0n) is 13.3. The average Bonchev–Trinajstić information content (AvgIpc) is 2.56. The minimum Gasteiger partial charge on any atom is -0.481 e. The first kappa shape index (κ1) is 16.9. The fourth-order valence-corrected chi connectivity index (χ4v) is 2.85. The van der Waals surface area contributed by atoms with Gasteiger partial charge in [-0.2, -0.15) is 0 Å². The molecule has 0 aliphatic heterocycles. The van der Waals surface area contributed by atoms with Crippen LogP contribution in [0.1, 0.15) is 24.5 Å². The first-order chi connectivity index (χ1) is 11.1. The summed E-state index contributed by atoms with van der Waals surface area (Å²) in [6, 6.07) is 19.5. The lowest BCUT2D eigenvalue weighted by atomic mass is 9.83. The molecule has 1 atom stereocenters. The second kappa shape index (κ2) is 8.28.